The molecule has 1 aromatic heterocycles. The molecule has 2 aromatic rings. The van der Waals surface area contributed by atoms with Crippen LogP contribution >= 0.6 is 15.9 Å². The molecule has 21 heavy (non-hydrogen) atoms. The van der Waals surface area contributed by atoms with E-state index in [0.29, 0.717) is 5.56 Å². The van der Waals surface area contributed by atoms with Crippen LogP contribution in [0.15, 0.2) is 16.6 Å². The van der Waals surface area contributed by atoms with Crippen molar-refractivity contribution in [3.05, 3.63) is 39.0 Å². The number of hydrogen-bond donors (Lipinski definition) is 1. The first-order valence-corrected chi connectivity index (χ1v) is 7.97. The van der Waals surface area contributed by atoms with Crippen molar-refractivity contribution in [1.82, 2.24) is 4.98 Å². The third kappa shape index (κ3) is 2.26. The summed E-state index contributed by atoms with van der Waals surface area (Å²) < 4.78 is 0.895. The highest BCUT2D eigenvalue weighted by molar-refractivity contribution is 9.10. The fraction of sp³-hybridized carbons (Fsp3) is 0.412. The molecule has 0 unspecified atom stereocenters. The second kappa shape index (κ2) is 4.80. The lowest BCUT2D eigenvalue weighted by Gasteiger charge is -2.32. The van der Waals surface area contributed by atoms with Crippen molar-refractivity contribution in [2.24, 2.45) is 0 Å². The maximum atomic E-state index is 11.9. The largest absolute Gasteiger partial charge is 0.478 e. The number of rotatable bonds is 1. The zero-order chi connectivity index (χ0) is 15.4. The lowest BCUT2D eigenvalue weighted by atomic mass is 9.74. The number of hydrogen-bond acceptors (Lipinski definition) is 2. The highest BCUT2D eigenvalue weighted by atomic mass is 79.9. The molecule has 0 aliphatic heterocycles. The normalized spacial score (nSPS) is 16.8. The number of fused-ring (bicyclic) bond motifs is 2. The zero-order valence-electron chi connectivity index (χ0n) is 12.5. The fourth-order valence-corrected chi connectivity index (χ4v) is 3.98. The monoisotopic (exact) mass is 347 g/mol. The van der Waals surface area contributed by atoms with Crippen LogP contribution in [0.1, 0.15) is 53.9 Å². The van der Waals surface area contributed by atoms with E-state index in [4.69, 9.17) is 4.98 Å². The van der Waals surface area contributed by atoms with Crippen molar-refractivity contribution in [1.29, 1.82) is 0 Å². The summed E-state index contributed by atoms with van der Waals surface area (Å²) in [4.78, 5) is 16.7. The van der Waals surface area contributed by atoms with Gasteiger partial charge in [-0.1, -0.05) is 29.8 Å². The number of carboxylic acid groups (broad SMARTS) is 1. The van der Waals surface area contributed by atoms with E-state index < -0.39 is 5.97 Å². The maximum absolute atomic E-state index is 11.9. The molecule has 0 bridgehead atoms. The Morgan fingerprint density at radius 2 is 2.10 bits per heavy atom. The molecule has 1 N–H and O–H groups in total. The minimum Gasteiger partial charge on any atom is -0.478 e. The number of carbonyl (C=O) groups is 1. The van der Waals surface area contributed by atoms with Crippen LogP contribution in [0.3, 0.4) is 0 Å². The Hall–Kier alpha value is -1.42. The Balaban J connectivity index is 2.50. The molecule has 1 aliphatic carbocycles. The van der Waals surface area contributed by atoms with Gasteiger partial charge in [0.15, 0.2) is 0 Å². The molecule has 0 atom stereocenters. The molecular weight excluding hydrogens is 330 g/mol. The fourth-order valence-electron chi connectivity index (χ4n) is 3.41. The van der Waals surface area contributed by atoms with Crippen LogP contribution in [-0.4, -0.2) is 16.1 Å². The van der Waals surface area contributed by atoms with Crippen molar-refractivity contribution < 1.29 is 9.90 Å². The van der Waals surface area contributed by atoms with Crippen LogP contribution < -0.4 is 0 Å². The van der Waals surface area contributed by atoms with Crippen LogP contribution in [0, 0.1) is 6.92 Å². The van der Waals surface area contributed by atoms with Crippen molar-refractivity contribution in [3.63, 3.8) is 0 Å². The first kappa shape index (κ1) is 14.5. The van der Waals surface area contributed by atoms with Gasteiger partial charge in [-0.15, -0.1) is 0 Å². The summed E-state index contributed by atoms with van der Waals surface area (Å²) in [5.74, 6) is -0.853. The van der Waals surface area contributed by atoms with E-state index in [1.807, 2.05) is 19.1 Å². The molecule has 0 radical (unpaired) electrons. The molecule has 0 spiro atoms. The third-order valence-corrected chi connectivity index (χ3v) is 4.89. The number of aromatic nitrogens is 1. The predicted octanol–water partition coefficient (Wildman–Crippen LogP) is 4.62. The molecule has 0 fully saturated rings. The third-order valence-electron chi connectivity index (χ3n) is 4.43. The molecule has 1 heterocycles. The van der Waals surface area contributed by atoms with Crippen molar-refractivity contribution in [2.75, 3.05) is 0 Å². The summed E-state index contributed by atoms with van der Waals surface area (Å²) >= 11 is 3.46. The smallest absolute Gasteiger partial charge is 0.336 e. The van der Waals surface area contributed by atoms with Crippen molar-refractivity contribution >= 4 is 32.8 Å². The Morgan fingerprint density at radius 1 is 1.38 bits per heavy atom. The number of nitrogens with zero attached hydrogens (tertiary/aromatic N) is 1. The maximum Gasteiger partial charge on any atom is 0.336 e. The van der Waals surface area contributed by atoms with Gasteiger partial charge in [0, 0.05) is 15.3 Å². The zero-order valence-corrected chi connectivity index (χ0v) is 14.0. The van der Waals surface area contributed by atoms with E-state index in [2.05, 4.69) is 29.8 Å². The van der Waals surface area contributed by atoms with Gasteiger partial charge >= 0.3 is 5.97 Å². The molecule has 0 amide bonds. The first-order chi connectivity index (χ1) is 9.81. The average Bonchev–Trinajstić information content (AvgIpc) is 2.35. The van der Waals surface area contributed by atoms with Crippen LogP contribution in [0.5, 0.6) is 0 Å². The van der Waals surface area contributed by atoms with E-state index in [-0.39, 0.29) is 5.41 Å². The topological polar surface area (TPSA) is 50.2 Å². The Bertz CT molecular complexity index is 765. The summed E-state index contributed by atoms with van der Waals surface area (Å²) in [6, 6.07) is 3.86. The number of benzene rings is 1. The van der Waals surface area contributed by atoms with Gasteiger partial charge in [0.1, 0.15) is 0 Å². The van der Waals surface area contributed by atoms with Gasteiger partial charge in [0.2, 0.25) is 0 Å². The second-order valence-corrected chi connectivity index (χ2v) is 7.39. The van der Waals surface area contributed by atoms with Crippen LogP contribution in [0.2, 0.25) is 0 Å². The first-order valence-electron chi connectivity index (χ1n) is 7.18. The summed E-state index contributed by atoms with van der Waals surface area (Å²) in [5.41, 5.74) is 4.07. The standard InChI is InChI=1S/C17H18BrNO2/c1-9-7-10(18)8-12-13(16(20)21)11-5-4-6-17(2,3)15(11)19-14(9)12/h7-8H,4-6H2,1-3H3,(H,20,21). The molecule has 1 aromatic carbocycles. The summed E-state index contributed by atoms with van der Waals surface area (Å²) in [6.45, 7) is 6.29. The summed E-state index contributed by atoms with van der Waals surface area (Å²) in [6.07, 6.45) is 2.86. The summed E-state index contributed by atoms with van der Waals surface area (Å²) in [5, 5.41) is 10.5. The van der Waals surface area contributed by atoms with Gasteiger partial charge in [0.05, 0.1) is 16.8 Å². The SMILES string of the molecule is Cc1cc(Br)cc2c(C(=O)O)c3c(nc12)C(C)(C)CCC3. The van der Waals surface area contributed by atoms with E-state index in [9.17, 15) is 9.90 Å². The van der Waals surface area contributed by atoms with Gasteiger partial charge in [-0.3, -0.25) is 4.98 Å². The van der Waals surface area contributed by atoms with Gasteiger partial charge in [-0.05, 0) is 49.4 Å². The molecule has 3 rings (SSSR count). The van der Waals surface area contributed by atoms with Gasteiger partial charge < -0.3 is 5.11 Å². The molecule has 1 aliphatic rings. The van der Waals surface area contributed by atoms with Crippen LogP contribution in [-0.2, 0) is 11.8 Å². The molecular formula is C17H18BrNO2. The van der Waals surface area contributed by atoms with E-state index in [0.717, 1.165) is 51.5 Å². The Labute approximate surface area is 132 Å². The van der Waals surface area contributed by atoms with Crippen LogP contribution in [0.4, 0.5) is 0 Å². The summed E-state index contributed by atoms with van der Waals surface area (Å²) in [7, 11) is 0. The lowest BCUT2D eigenvalue weighted by molar-refractivity contribution is 0.0697. The van der Waals surface area contributed by atoms with E-state index in [1.54, 1.807) is 0 Å². The van der Waals surface area contributed by atoms with Gasteiger partial charge in [0.25, 0.3) is 0 Å². The Kier molecular flexibility index (Phi) is 3.32. The quantitative estimate of drug-likeness (QED) is 0.818. The lowest BCUT2D eigenvalue weighted by Crippen LogP contribution is -2.27. The number of carboxylic acids is 1. The molecule has 3 nitrogen and oxygen atoms in total. The van der Waals surface area contributed by atoms with Gasteiger partial charge in [-0.2, -0.15) is 0 Å². The predicted molar refractivity (Wildman–Crippen MR) is 87.1 cm³/mol. The average molecular weight is 348 g/mol. The highest BCUT2D eigenvalue weighted by Crippen LogP contribution is 2.40. The number of halogens is 1. The molecule has 0 saturated heterocycles. The van der Waals surface area contributed by atoms with E-state index in [1.165, 1.54) is 0 Å². The molecule has 4 heteroatoms. The number of aryl methyl sites for hydroxylation is 1. The van der Waals surface area contributed by atoms with Crippen molar-refractivity contribution in [3.8, 4) is 0 Å². The minimum absolute atomic E-state index is 0.0640. The van der Waals surface area contributed by atoms with Gasteiger partial charge in [-0.25, -0.2) is 4.79 Å². The Morgan fingerprint density at radius 3 is 2.76 bits per heavy atom. The number of aromatic carboxylic acids is 1. The van der Waals surface area contributed by atoms with Crippen molar-refractivity contribution in [2.45, 2.75) is 45.4 Å². The molecule has 0 saturated carbocycles. The van der Waals surface area contributed by atoms with Crippen LogP contribution in [0.25, 0.3) is 10.9 Å². The number of pyridine rings is 1. The molecule has 110 valence electrons. The minimum atomic E-state index is -0.853. The van der Waals surface area contributed by atoms with E-state index >= 15 is 0 Å². The second-order valence-electron chi connectivity index (χ2n) is 6.48. The highest BCUT2D eigenvalue weighted by Gasteiger charge is 2.33.